The van der Waals surface area contributed by atoms with Gasteiger partial charge in [0.15, 0.2) is 0 Å². The lowest BCUT2D eigenvalue weighted by molar-refractivity contribution is 0.785. The van der Waals surface area contributed by atoms with E-state index in [9.17, 15) is 0 Å². The summed E-state index contributed by atoms with van der Waals surface area (Å²) in [5, 5.41) is 6.32. The van der Waals surface area contributed by atoms with Crippen LogP contribution >= 0.6 is 0 Å². The van der Waals surface area contributed by atoms with E-state index in [0.717, 1.165) is 25.9 Å². The van der Waals surface area contributed by atoms with Crippen LogP contribution in [-0.2, 0) is 0 Å². The van der Waals surface area contributed by atoms with E-state index in [-0.39, 0.29) is 0 Å². The third-order valence-corrected chi connectivity index (χ3v) is 2.30. The molecule has 2 aromatic rings. The van der Waals surface area contributed by atoms with Crippen LogP contribution in [0.4, 0.5) is 11.9 Å². The van der Waals surface area contributed by atoms with Crippen LogP contribution in [0.5, 0.6) is 0 Å². The maximum absolute atomic E-state index is 4.09. The topological polar surface area (TPSA) is 75.6 Å². The summed E-state index contributed by atoms with van der Waals surface area (Å²) in [6, 6.07) is 3.60. The Labute approximate surface area is 106 Å². The Bertz CT molecular complexity index is 389. The molecule has 0 saturated carbocycles. The number of unbranched alkanes of at least 4 members (excludes halogenated alkanes) is 1. The molecule has 0 atom stereocenters. The number of hydrogen-bond donors (Lipinski definition) is 2. The summed E-state index contributed by atoms with van der Waals surface area (Å²) in [5.74, 6) is 1.36. The van der Waals surface area contributed by atoms with Crippen LogP contribution in [0.3, 0.4) is 0 Å². The molecule has 0 fully saturated rings. The average molecular weight is 244 g/mol. The molecule has 0 unspecified atom stereocenters. The van der Waals surface area contributed by atoms with Crippen molar-refractivity contribution in [3.05, 3.63) is 36.9 Å². The largest absolute Gasteiger partial charge is 0.354 e. The van der Waals surface area contributed by atoms with Crippen LogP contribution < -0.4 is 10.6 Å². The van der Waals surface area contributed by atoms with E-state index in [4.69, 9.17) is 0 Å². The van der Waals surface area contributed by atoms with E-state index in [1.165, 1.54) is 0 Å². The molecule has 0 saturated heterocycles. The maximum Gasteiger partial charge on any atom is 0.222 e. The molecule has 6 heteroatoms. The fraction of sp³-hybridized carbons (Fsp3) is 0.333. The normalized spacial score (nSPS) is 10.0. The monoisotopic (exact) mass is 244 g/mol. The minimum atomic E-state index is 0.678. The molecule has 18 heavy (non-hydrogen) atoms. The lowest BCUT2D eigenvalue weighted by Gasteiger charge is -2.05. The predicted molar refractivity (Wildman–Crippen MR) is 70.3 cm³/mol. The van der Waals surface area contributed by atoms with Gasteiger partial charge in [-0.25, -0.2) is 19.9 Å². The molecule has 2 rings (SSSR count). The zero-order valence-corrected chi connectivity index (χ0v) is 10.1. The molecule has 0 bridgehead atoms. The second kappa shape index (κ2) is 7.16. The number of nitrogens with one attached hydrogen (secondary N) is 2. The Morgan fingerprint density at radius 2 is 1.06 bits per heavy atom. The summed E-state index contributed by atoms with van der Waals surface area (Å²) in [6.07, 6.45) is 8.98. The van der Waals surface area contributed by atoms with Gasteiger partial charge < -0.3 is 10.6 Å². The van der Waals surface area contributed by atoms with Gasteiger partial charge in [0.25, 0.3) is 0 Å². The van der Waals surface area contributed by atoms with Crippen molar-refractivity contribution in [2.75, 3.05) is 23.7 Å². The van der Waals surface area contributed by atoms with Gasteiger partial charge in [-0.15, -0.1) is 0 Å². The highest BCUT2D eigenvalue weighted by Crippen LogP contribution is 1.98. The number of anilines is 2. The first-order valence-electron chi connectivity index (χ1n) is 5.97. The highest BCUT2D eigenvalue weighted by atomic mass is 15.1. The van der Waals surface area contributed by atoms with Gasteiger partial charge >= 0.3 is 0 Å². The van der Waals surface area contributed by atoms with Crippen molar-refractivity contribution < 1.29 is 0 Å². The van der Waals surface area contributed by atoms with Crippen molar-refractivity contribution in [2.45, 2.75) is 12.8 Å². The molecule has 0 aliphatic heterocycles. The molecule has 0 spiro atoms. The Morgan fingerprint density at radius 3 is 1.44 bits per heavy atom. The lowest BCUT2D eigenvalue weighted by atomic mass is 10.3. The number of hydrogen-bond acceptors (Lipinski definition) is 6. The first-order chi connectivity index (χ1) is 8.95. The summed E-state index contributed by atoms with van der Waals surface area (Å²) >= 11 is 0. The standard InChI is InChI=1S/C12H16N6/c1(5-13-11-15-7-3-8-16-11)2-6-14-12-17-9-4-10-18-12/h3-4,7-10H,1-2,5-6H2,(H,13,15,16)(H,14,17,18). The summed E-state index contributed by atoms with van der Waals surface area (Å²) in [5.41, 5.74) is 0. The second-order valence-electron chi connectivity index (χ2n) is 3.71. The summed E-state index contributed by atoms with van der Waals surface area (Å²) in [4.78, 5) is 16.3. The molecule has 0 amide bonds. The third kappa shape index (κ3) is 4.32. The molecule has 6 nitrogen and oxygen atoms in total. The van der Waals surface area contributed by atoms with Gasteiger partial charge in [-0.1, -0.05) is 0 Å². The number of aromatic nitrogens is 4. The molecule has 0 radical (unpaired) electrons. The van der Waals surface area contributed by atoms with Crippen molar-refractivity contribution in [3.63, 3.8) is 0 Å². The molecule has 0 aromatic carbocycles. The van der Waals surface area contributed by atoms with Gasteiger partial charge in [0.2, 0.25) is 11.9 Å². The summed E-state index contributed by atoms with van der Waals surface area (Å²) in [6.45, 7) is 1.72. The average Bonchev–Trinajstić information content (AvgIpc) is 2.45. The molecule has 0 aliphatic rings. The van der Waals surface area contributed by atoms with Crippen molar-refractivity contribution in [2.24, 2.45) is 0 Å². The van der Waals surface area contributed by atoms with Crippen molar-refractivity contribution in [1.29, 1.82) is 0 Å². The third-order valence-electron chi connectivity index (χ3n) is 2.30. The van der Waals surface area contributed by atoms with Crippen LogP contribution in [0.25, 0.3) is 0 Å². The van der Waals surface area contributed by atoms with Gasteiger partial charge in [0.1, 0.15) is 0 Å². The second-order valence-corrected chi connectivity index (χ2v) is 3.71. The molecule has 2 aromatic heterocycles. The van der Waals surface area contributed by atoms with E-state index in [1.807, 2.05) is 0 Å². The molecule has 2 N–H and O–H groups in total. The van der Waals surface area contributed by atoms with Gasteiger partial charge in [-0.05, 0) is 25.0 Å². The van der Waals surface area contributed by atoms with Gasteiger partial charge in [-0.3, -0.25) is 0 Å². The van der Waals surface area contributed by atoms with Gasteiger partial charge in [0.05, 0.1) is 0 Å². The smallest absolute Gasteiger partial charge is 0.222 e. The van der Waals surface area contributed by atoms with Crippen molar-refractivity contribution in [3.8, 4) is 0 Å². The van der Waals surface area contributed by atoms with E-state index >= 15 is 0 Å². The Balaban J connectivity index is 1.54. The zero-order valence-electron chi connectivity index (χ0n) is 10.1. The molecular formula is C12H16N6. The SMILES string of the molecule is c1cnc(NCCCCNc2ncccn2)nc1. The number of rotatable bonds is 7. The fourth-order valence-electron chi connectivity index (χ4n) is 1.43. The Hall–Kier alpha value is -2.24. The molecule has 2 heterocycles. The maximum atomic E-state index is 4.09. The summed E-state index contributed by atoms with van der Waals surface area (Å²) < 4.78 is 0. The Morgan fingerprint density at radius 1 is 0.667 bits per heavy atom. The van der Waals surface area contributed by atoms with Crippen molar-refractivity contribution >= 4 is 11.9 Å². The molecular weight excluding hydrogens is 228 g/mol. The van der Waals surface area contributed by atoms with E-state index in [2.05, 4.69) is 30.6 Å². The van der Waals surface area contributed by atoms with Gasteiger partial charge in [0, 0.05) is 37.9 Å². The fourth-order valence-corrected chi connectivity index (χ4v) is 1.43. The van der Waals surface area contributed by atoms with Crippen LogP contribution in [0.2, 0.25) is 0 Å². The van der Waals surface area contributed by atoms with E-state index in [1.54, 1.807) is 36.9 Å². The van der Waals surface area contributed by atoms with Crippen LogP contribution in [0, 0.1) is 0 Å². The van der Waals surface area contributed by atoms with E-state index in [0.29, 0.717) is 11.9 Å². The first-order valence-corrected chi connectivity index (χ1v) is 5.97. The lowest BCUT2D eigenvalue weighted by Crippen LogP contribution is -2.09. The van der Waals surface area contributed by atoms with Crippen LogP contribution in [-0.4, -0.2) is 33.0 Å². The number of nitrogens with zero attached hydrogens (tertiary/aromatic N) is 4. The molecule has 94 valence electrons. The Kier molecular flexibility index (Phi) is 4.86. The quantitative estimate of drug-likeness (QED) is 0.720. The predicted octanol–water partition coefficient (Wildman–Crippen LogP) is 1.57. The minimum absolute atomic E-state index is 0.678. The van der Waals surface area contributed by atoms with Gasteiger partial charge in [-0.2, -0.15) is 0 Å². The first kappa shape index (κ1) is 12.2. The summed E-state index contributed by atoms with van der Waals surface area (Å²) in [7, 11) is 0. The van der Waals surface area contributed by atoms with Crippen LogP contribution in [0.15, 0.2) is 36.9 Å². The highest BCUT2D eigenvalue weighted by molar-refractivity contribution is 5.22. The van der Waals surface area contributed by atoms with Crippen molar-refractivity contribution in [1.82, 2.24) is 19.9 Å². The van der Waals surface area contributed by atoms with E-state index < -0.39 is 0 Å². The highest BCUT2D eigenvalue weighted by Gasteiger charge is 1.94. The van der Waals surface area contributed by atoms with Crippen LogP contribution in [0.1, 0.15) is 12.8 Å². The minimum Gasteiger partial charge on any atom is -0.354 e. The molecule has 0 aliphatic carbocycles. The zero-order chi connectivity index (χ0) is 12.5.